The molecule has 1 fully saturated rings. The van der Waals surface area contributed by atoms with E-state index in [9.17, 15) is 18.3 Å². The van der Waals surface area contributed by atoms with Gasteiger partial charge in [0.2, 0.25) is 15.9 Å². The number of aryl methyl sites for hydroxylation is 1. The van der Waals surface area contributed by atoms with Crippen molar-refractivity contribution in [3.63, 3.8) is 0 Å². The zero-order valence-electron chi connectivity index (χ0n) is 13.6. The van der Waals surface area contributed by atoms with E-state index in [0.29, 0.717) is 6.54 Å². The average Bonchev–Trinajstić information content (AvgIpc) is 3.02. The van der Waals surface area contributed by atoms with Gasteiger partial charge < -0.3 is 14.6 Å². The number of aliphatic hydroxyl groups excluding tert-OH is 1. The van der Waals surface area contributed by atoms with Gasteiger partial charge in [-0.3, -0.25) is 4.79 Å². The minimum atomic E-state index is -3.41. The molecule has 1 aromatic rings. The fourth-order valence-electron chi connectivity index (χ4n) is 2.77. The molecule has 1 aliphatic heterocycles. The summed E-state index contributed by atoms with van der Waals surface area (Å²) in [7, 11) is -3.41. The third-order valence-electron chi connectivity index (χ3n) is 3.84. The normalized spacial score (nSPS) is 22.0. The van der Waals surface area contributed by atoms with Gasteiger partial charge in [-0.15, -0.1) is 0 Å². The summed E-state index contributed by atoms with van der Waals surface area (Å²) in [5, 5.41) is 9.90. The molecule has 0 aliphatic carbocycles. The van der Waals surface area contributed by atoms with Crippen LogP contribution in [0.15, 0.2) is 12.4 Å². The molecular formula is C14H24N4O4S. The monoisotopic (exact) mass is 344 g/mol. The van der Waals surface area contributed by atoms with Crippen LogP contribution >= 0.6 is 0 Å². The van der Waals surface area contributed by atoms with Gasteiger partial charge in [-0.05, 0) is 0 Å². The maximum absolute atomic E-state index is 12.3. The molecule has 0 radical (unpaired) electrons. The third kappa shape index (κ3) is 4.76. The minimum absolute atomic E-state index is 0.106. The first kappa shape index (κ1) is 17.9. The van der Waals surface area contributed by atoms with E-state index >= 15 is 0 Å². The number of hydrogen-bond donors (Lipinski definition) is 2. The topological polar surface area (TPSA) is 105 Å². The molecule has 23 heavy (non-hydrogen) atoms. The summed E-state index contributed by atoms with van der Waals surface area (Å²) in [6, 6.07) is -0.645. The highest BCUT2D eigenvalue weighted by atomic mass is 32.2. The number of aromatic nitrogens is 2. The zero-order valence-corrected chi connectivity index (χ0v) is 14.5. The molecule has 1 aliphatic rings. The number of rotatable bonds is 6. The van der Waals surface area contributed by atoms with Crippen LogP contribution in [0.4, 0.5) is 0 Å². The molecule has 2 rings (SSSR count). The molecule has 8 nitrogen and oxygen atoms in total. The van der Waals surface area contributed by atoms with E-state index in [1.807, 2.05) is 24.6 Å². The van der Waals surface area contributed by atoms with Gasteiger partial charge in [0, 0.05) is 44.4 Å². The van der Waals surface area contributed by atoms with Gasteiger partial charge in [-0.25, -0.2) is 18.1 Å². The third-order valence-corrected chi connectivity index (χ3v) is 4.57. The molecular weight excluding hydrogens is 320 g/mol. The fourth-order valence-corrected chi connectivity index (χ4v) is 3.55. The Labute approximate surface area is 136 Å². The molecule has 0 saturated carbocycles. The van der Waals surface area contributed by atoms with E-state index in [2.05, 4.69) is 9.71 Å². The first-order valence-electron chi connectivity index (χ1n) is 7.61. The molecule has 0 unspecified atom stereocenters. The quantitative estimate of drug-likeness (QED) is 0.725. The molecule has 1 amide bonds. The van der Waals surface area contributed by atoms with E-state index in [1.165, 1.54) is 4.90 Å². The van der Waals surface area contributed by atoms with Crippen molar-refractivity contribution in [1.82, 2.24) is 19.2 Å². The number of nitrogens with zero attached hydrogens (tertiary/aromatic N) is 3. The van der Waals surface area contributed by atoms with Gasteiger partial charge in [0.15, 0.2) is 0 Å². The van der Waals surface area contributed by atoms with Crippen molar-refractivity contribution in [3.05, 3.63) is 18.2 Å². The summed E-state index contributed by atoms with van der Waals surface area (Å²) in [5.74, 6) is 1.10. The van der Waals surface area contributed by atoms with Crippen molar-refractivity contribution in [2.45, 2.75) is 44.9 Å². The zero-order chi connectivity index (χ0) is 17.2. The standard InChI is InChI=1S/C14H24N4O4S/c1-10(2)14-15-5-7-17(14)6-4-13(20)18-8-11(12(19)9-18)16-23(3,21)22/h5,7,10-12,16,19H,4,6,8-9H2,1-3H3/t11-,12-/m1/s1. The lowest BCUT2D eigenvalue weighted by atomic mass is 10.2. The van der Waals surface area contributed by atoms with Crippen molar-refractivity contribution in [1.29, 1.82) is 0 Å². The number of likely N-dealkylation sites (tertiary alicyclic amines) is 1. The number of carbonyl (C=O) groups is 1. The number of hydrogen-bond acceptors (Lipinski definition) is 5. The summed E-state index contributed by atoms with van der Waals surface area (Å²) in [6.07, 6.45) is 4.00. The number of imidazole rings is 1. The Balaban J connectivity index is 1.90. The number of aliphatic hydroxyl groups is 1. The van der Waals surface area contributed by atoms with Crippen LogP contribution in [0.3, 0.4) is 0 Å². The highest BCUT2D eigenvalue weighted by Gasteiger charge is 2.35. The molecule has 2 heterocycles. The molecule has 2 atom stereocenters. The Morgan fingerprint density at radius 3 is 2.78 bits per heavy atom. The van der Waals surface area contributed by atoms with Crippen molar-refractivity contribution in [2.24, 2.45) is 0 Å². The number of nitrogens with one attached hydrogen (secondary N) is 1. The van der Waals surface area contributed by atoms with Crippen LogP contribution in [0.2, 0.25) is 0 Å². The first-order valence-corrected chi connectivity index (χ1v) is 9.50. The predicted molar refractivity (Wildman–Crippen MR) is 85.3 cm³/mol. The van der Waals surface area contributed by atoms with Gasteiger partial charge in [0.25, 0.3) is 0 Å². The second kappa shape index (κ2) is 6.98. The smallest absolute Gasteiger partial charge is 0.224 e. The maximum atomic E-state index is 12.3. The second-order valence-corrected chi connectivity index (χ2v) is 8.03. The van der Waals surface area contributed by atoms with Crippen LogP contribution in [0.25, 0.3) is 0 Å². The van der Waals surface area contributed by atoms with Gasteiger partial charge in [-0.2, -0.15) is 0 Å². The maximum Gasteiger partial charge on any atom is 0.224 e. The Hall–Kier alpha value is -1.45. The minimum Gasteiger partial charge on any atom is -0.390 e. The van der Waals surface area contributed by atoms with Gasteiger partial charge >= 0.3 is 0 Å². The lowest BCUT2D eigenvalue weighted by molar-refractivity contribution is -0.130. The molecule has 2 N–H and O–H groups in total. The second-order valence-electron chi connectivity index (χ2n) is 6.25. The van der Waals surface area contributed by atoms with Crippen LogP contribution in [0.5, 0.6) is 0 Å². The highest BCUT2D eigenvalue weighted by Crippen LogP contribution is 2.15. The lowest BCUT2D eigenvalue weighted by Gasteiger charge is -2.17. The SMILES string of the molecule is CC(C)c1nccn1CCC(=O)N1C[C@@H](O)[C@H](NS(C)(=O)=O)C1. The van der Waals surface area contributed by atoms with E-state index in [-0.39, 0.29) is 31.3 Å². The number of β-amino-alcohol motifs (C(OH)–C–C–N with tert-alkyl or cyclic N) is 1. The summed E-state index contributed by atoms with van der Waals surface area (Å²) in [4.78, 5) is 18.1. The lowest BCUT2D eigenvalue weighted by Crippen LogP contribution is -2.42. The Bertz CT molecular complexity index is 655. The van der Waals surface area contributed by atoms with Crippen LogP contribution in [0, 0.1) is 0 Å². The number of carbonyl (C=O) groups excluding carboxylic acids is 1. The summed E-state index contributed by atoms with van der Waals surface area (Å²) in [5.41, 5.74) is 0. The van der Waals surface area contributed by atoms with Crippen molar-refractivity contribution >= 4 is 15.9 Å². The van der Waals surface area contributed by atoms with Gasteiger partial charge in [-0.1, -0.05) is 13.8 Å². The number of amides is 1. The summed E-state index contributed by atoms with van der Waals surface area (Å²) in [6.45, 7) is 4.93. The van der Waals surface area contributed by atoms with Gasteiger partial charge in [0.05, 0.1) is 18.4 Å². The molecule has 0 aromatic carbocycles. The van der Waals surface area contributed by atoms with Crippen molar-refractivity contribution < 1.29 is 18.3 Å². The Morgan fingerprint density at radius 2 is 2.17 bits per heavy atom. The highest BCUT2D eigenvalue weighted by molar-refractivity contribution is 7.88. The number of sulfonamides is 1. The predicted octanol–water partition coefficient (Wildman–Crippen LogP) is -0.482. The first-order chi connectivity index (χ1) is 10.7. The molecule has 0 bridgehead atoms. The van der Waals surface area contributed by atoms with E-state index in [0.717, 1.165) is 12.1 Å². The summed E-state index contributed by atoms with van der Waals surface area (Å²) < 4.78 is 26.8. The molecule has 1 aromatic heterocycles. The largest absolute Gasteiger partial charge is 0.390 e. The van der Waals surface area contributed by atoms with Crippen LogP contribution in [-0.2, 0) is 21.4 Å². The molecule has 9 heteroatoms. The fraction of sp³-hybridized carbons (Fsp3) is 0.714. The van der Waals surface area contributed by atoms with E-state index in [1.54, 1.807) is 6.20 Å². The van der Waals surface area contributed by atoms with Crippen LogP contribution in [0.1, 0.15) is 32.0 Å². The molecule has 0 spiro atoms. The average molecular weight is 344 g/mol. The van der Waals surface area contributed by atoms with E-state index < -0.39 is 22.2 Å². The van der Waals surface area contributed by atoms with Crippen molar-refractivity contribution in [2.75, 3.05) is 19.3 Å². The van der Waals surface area contributed by atoms with Crippen LogP contribution < -0.4 is 4.72 Å². The molecule has 130 valence electrons. The Morgan fingerprint density at radius 1 is 1.48 bits per heavy atom. The van der Waals surface area contributed by atoms with E-state index in [4.69, 9.17) is 0 Å². The van der Waals surface area contributed by atoms with Crippen LogP contribution in [-0.4, -0.2) is 65.4 Å². The van der Waals surface area contributed by atoms with Crippen molar-refractivity contribution in [3.8, 4) is 0 Å². The summed E-state index contributed by atoms with van der Waals surface area (Å²) >= 11 is 0. The molecule has 1 saturated heterocycles. The Kier molecular flexibility index (Phi) is 5.43. The van der Waals surface area contributed by atoms with Gasteiger partial charge in [0.1, 0.15) is 5.82 Å².